The fraction of sp³-hybridized carbons (Fsp3) is 0.462. The molecule has 0 saturated heterocycles. The highest BCUT2D eigenvalue weighted by molar-refractivity contribution is 5.80. The van der Waals surface area contributed by atoms with E-state index >= 15 is 0 Å². The third kappa shape index (κ3) is 2.42. The predicted octanol–water partition coefficient (Wildman–Crippen LogP) is 1.52. The van der Waals surface area contributed by atoms with Crippen molar-refractivity contribution in [3.63, 3.8) is 0 Å². The van der Waals surface area contributed by atoms with Gasteiger partial charge in [0.05, 0.1) is 19.2 Å². The summed E-state index contributed by atoms with van der Waals surface area (Å²) >= 11 is 0. The van der Waals surface area contributed by atoms with Crippen molar-refractivity contribution in [3.8, 4) is 0 Å². The predicted molar refractivity (Wildman–Crippen MR) is 68.8 cm³/mol. The van der Waals surface area contributed by atoms with Gasteiger partial charge in [0.1, 0.15) is 0 Å². The topological polar surface area (TPSA) is 50.8 Å². The minimum Gasteiger partial charge on any atom is -0.380 e. The Morgan fingerprint density at radius 1 is 1.53 bits per heavy atom. The van der Waals surface area contributed by atoms with Crippen LogP contribution in [0.2, 0.25) is 0 Å². The van der Waals surface area contributed by atoms with Crippen LogP contribution in [-0.2, 0) is 11.3 Å². The monoisotopic (exact) mass is 233 g/mol. The lowest BCUT2D eigenvalue weighted by atomic mass is 10.0. The fourth-order valence-corrected chi connectivity index (χ4v) is 2.25. The van der Waals surface area contributed by atoms with E-state index in [1.54, 1.807) is 7.11 Å². The molecule has 92 valence electrons. The maximum atomic E-state index is 5.87. The summed E-state index contributed by atoms with van der Waals surface area (Å²) in [5, 5.41) is 0. The van der Waals surface area contributed by atoms with Gasteiger partial charge >= 0.3 is 0 Å². The lowest BCUT2D eigenvalue weighted by Gasteiger charge is -2.25. The lowest BCUT2D eigenvalue weighted by Crippen LogP contribution is -2.35. The molecule has 0 fully saturated rings. The smallest absolute Gasteiger partial charge is 0.191 e. The molecular weight excluding hydrogens is 214 g/mol. The number of guanidine groups is 1. The second-order valence-electron chi connectivity index (χ2n) is 4.18. The maximum absolute atomic E-state index is 5.87. The van der Waals surface area contributed by atoms with E-state index in [4.69, 9.17) is 10.5 Å². The molecular formula is C13H19N3O. The van der Waals surface area contributed by atoms with Crippen LogP contribution in [0.25, 0.3) is 0 Å². The molecule has 1 aliphatic rings. The summed E-state index contributed by atoms with van der Waals surface area (Å²) in [4.78, 5) is 6.44. The summed E-state index contributed by atoms with van der Waals surface area (Å²) < 4.78 is 5.15. The van der Waals surface area contributed by atoms with E-state index in [2.05, 4.69) is 41.1 Å². The summed E-state index contributed by atoms with van der Waals surface area (Å²) in [5.41, 5.74) is 8.31. The van der Waals surface area contributed by atoms with Crippen LogP contribution in [0.15, 0.2) is 29.3 Å². The maximum Gasteiger partial charge on any atom is 0.191 e. The van der Waals surface area contributed by atoms with Gasteiger partial charge in [0.15, 0.2) is 5.96 Å². The molecule has 0 bridgehead atoms. The standard InChI is InChI=1S/C13H19N3O/c1-3-16-12(8-15-13(16)14)11-6-4-5-10(7-11)9-17-2/h4-7,12H,3,8-9H2,1-2H3,(H2,14,15). The normalized spacial score (nSPS) is 19.5. The van der Waals surface area contributed by atoms with Crippen LogP contribution in [0, 0.1) is 0 Å². The zero-order chi connectivity index (χ0) is 12.3. The highest BCUT2D eigenvalue weighted by Crippen LogP contribution is 2.25. The van der Waals surface area contributed by atoms with Crippen molar-refractivity contribution in [2.45, 2.75) is 19.6 Å². The van der Waals surface area contributed by atoms with Gasteiger partial charge in [-0.2, -0.15) is 0 Å². The highest BCUT2D eigenvalue weighted by atomic mass is 16.5. The third-order valence-electron chi connectivity index (χ3n) is 3.08. The first-order chi connectivity index (χ1) is 8.26. The van der Waals surface area contributed by atoms with Crippen molar-refractivity contribution < 1.29 is 4.74 Å². The Hall–Kier alpha value is -1.55. The molecule has 2 rings (SSSR count). The molecule has 0 aliphatic carbocycles. The summed E-state index contributed by atoms with van der Waals surface area (Å²) in [6.45, 7) is 4.37. The average Bonchev–Trinajstić information content (AvgIpc) is 2.71. The number of nitrogens with two attached hydrogens (primary N) is 1. The second kappa shape index (κ2) is 5.19. The number of rotatable bonds is 4. The minimum absolute atomic E-state index is 0.275. The largest absolute Gasteiger partial charge is 0.380 e. The number of benzene rings is 1. The quantitative estimate of drug-likeness (QED) is 0.858. The van der Waals surface area contributed by atoms with Gasteiger partial charge in [-0.3, -0.25) is 4.99 Å². The van der Waals surface area contributed by atoms with Gasteiger partial charge in [0.25, 0.3) is 0 Å². The molecule has 1 aliphatic heterocycles. The van der Waals surface area contributed by atoms with Crippen molar-refractivity contribution in [1.29, 1.82) is 0 Å². The third-order valence-corrected chi connectivity index (χ3v) is 3.08. The molecule has 17 heavy (non-hydrogen) atoms. The van der Waals surface area contributed by atoms with Gasteiger partial charge < -0.3 is 15.4 Å². The average molecular weight is 233 g/mol. The highest BCUT2D eigenvalue weighted by Gasteiger charge is 2.25. The van der Waals surface area contributed by atoms with E-state index in [0.29, 0.717) is 12.6 Å². The first-order valence-electron chi connectivity index (χ1n) is 5.90. The molecule has 1 aromatic carbocycles. The fourth-order valence-electron chi connectivity index (χ4n) is 2.25. The van der Waals surface area contributed by atoms with E-state index in [1.807, 2.05) is 0 Å². The molecule has 4 heteroatoms. The zero-order valence-corrected chi connectivity index (χ0v) is 10.4. The number of methoxy groups -OCH3 is 1. The van der Waals surface area contributed by atoms with E-state index < -0.39 is 0 Å². The molecule has 1 aromatic rings. The molecule has 1 atom stereocenters. The van der Waals surface area contributed by atoms with Crippen LogP contribution in [-0.4, -0.2) is 31.1 Å². The first kappa shape index (κ1) is 11.9. The van der Waals surface area contributed by atoms with Crippen LogP contribution in [0.5, 0.6) is 0 Å². The number of aliphatic imine (C=N–C) groups is 1. The molecule has 0 aromatic heterocycles. The number of ether oxygens (including phenoxy) is 1. The van der Waals surface area contributed by atoms with E-state index in [9.17, 15) is 0 Å². The van der Waals surface area contributed by atoms with E-state index in [-0.39, 0.29) is 6.04 Å². The Bertz CT molecular complexity index is 417. The molecule has 0 spiro atoms. The first-order valence-corrected chi connectivity index (χ1v) is 5.90. The Morgan fingerprint density at radius 3 is 3.06 bits per heavy atom. The van der Waals surface area contributed by atoms with Crippen LogP contribution in [0.1, 0.15) is 24.1 Å². The van der Waals surface area contributed by atoms with Gasteiger partial charge in [-0.1, -0.05) is 24.3 Å². The van der Waals surface area contributed by atoms with Crippen molar-refractivity contribution in [2.75, 3.05) is 20.2 Å². The zero-order valence-electron chi connectivity index (χ0n) is 10.4. The summed E-state index contributed by atoms with van der Waals surface area (Å²) in [6, 6.07) is 8.71. The number of hydrogen-bond acceptors (Lipinski definition) is 4. The Morgan fingerprint density at radius 2 is 2.35 bits per heavy atom. The molecule has 0 radical (unpaired) electrons. The van der Waals surface area contributed by atoms with Crippen molar-refractivity contribution in [2.24, 2.45) is 10.7 Å². The molecule has 4 nitrogen and oxygen atoms in total. The Balaban J connectivity index is 2.20. The van der Waals surface area contributed by atoms with E-state index in [1.165, 1.54) is 11.1 Å². The van der Waals surface area contributed by atoms with Gasteiger partial charge in [-0.25, -0.2) is 0 Å². The Labute approximate surface area is 102 Å². The van der Waals surface area contributed by atoms with Crippen LogP contribution >= 0.6 is 0 Å². The van der Waals surface area contributed by atoms with Gasteiger partial charge in [-0.05, 0) is 18.1 Å². The molecule has 1 heterocycles. The van der Waals surface area contributed by atoms with Crippen molar-refractivity contribution in [1.82, 2.24) is 4.90 Å². The molecule has 1 unspecified atom stereocenters. The van der Waals surface area contributed by atoms with Crippen LogP contribution in [0.3, 0.4) is 0 Å². The van der Waals surface area contributed by atoms with Gasteiger partial charge in [0, 0.05) is 13.7 Å². The number of nitrogens with zero attached hydrogens (tertiary/aromatic N) is 2. The van der Waals surface area contributed by atoms with Crippen molar-refractivity contribution in [3.05, 3.63) is 35.4 Å². The van der Waals surface area contributed by atoms with Gasteiger partial charge in [-0.15, -0.1) is 0 Å². The number of likely N-dealkylation sites (N-methyl/N-ethyl adjacent to an activating group) is 1. The summed E-state index contributed by atoms with van der Waals surface area (Å²) in [6.07, 6.45) is 0. The molecule has 2 N–H and O–H groups in total. The lowest BCUT2D eigenvalue weighted by molar-refractivity contribution is 0.184. The minimum atomic E-state index is 0.275. The Kier molecular flexibility index (Phi) is 3.64. The SMILES string of the molecule is CCN1C(N)=NCC1c1cccc(COC)c1. The van der Waals surface area contributed by atoms with Crippen LogP contribution < -0.4 is 5.73 Å². The van der Waals surface area contributed by atoms with Crippen molar-refractivity contribution >= 4 is 5.96 Å². The summed E-state index contributed by atoms with van der Waals surface area (Å²) in [5.74, 6) is 0.648. The molecule has 0 amide bonds. The van der Waals surface area contributed by atoms with E-state index in [0.717, 1.165) is 13.1 Å². The van der Waals surface area contributed by atoms with Crippen LogP contribution in [0.4, 0.5) is 0 Å². The second-order valence-corrected chi connectivity index (χ2v) is 4.18. The molecule has 0 saturated carbocycles. The number of hydrogen-bond donors (Lipinski definition) is 1. The van der Waals surface area contributed by atoms with Gasteiger partial charge in [0.2, 0.25) is 0 Å². The summed E-state index contributed by atoms with van der Waals surface area (Å²) in [7, 11) is 1.71.